The molecule has 1 saturated heterocycles. The largest absolute Gasteiger partial charge is 0.352 e. The van der Waals surface area contributed by atoms with Crippen molar-refractivity contribution in [3.05, 3.63) is 39.9 Å². The number of hydrogen-bond acceptors (Lipinski definition) is 4. The fraction of sp³-hybridized carbons (Fsp3) is 0.609. The van der Waals surface area contributed by atoms with Gasteiger partial charge in [-0.2, -0.15) is 0 Å². The van der Waals surface area contributed by atoms with Crippen molar-refractivity contribution in [2.24, 2.45) is 0 Å². The summed E-state index contributed by atoms with van der Waals surface area (Å²) in [6.45, 7) is 5.91. The second kappa shape index (κ2) is 9.08. The number of likely N-dealkylation sites (tertiary alicyclic amines) is 1. The van der Waals surface area contributed by atoms with Crippen LogP contribution in [0.1, 0.15) is 68.1 Å². The number of carbonyl (C=O) groups is 1. The number of benzene rings is 1. The van der Waals surface area contributed by atoms with Gasteiger partial charge in [0.1, 0.15) is 5.82 Å². The molecule has 2 aliphatic rings. The molecule has 1 N–H and O–H groups in total. The lowest BCUT2D eigenvalue weighted by Gasteiger charge is -2.33. The van der Waals surface area contributed by atoms with E-state index < -0.39 is 0 Å². The zero-order valence-corrected chi connectivity index (χ0v) is 17.5. The first-order valence-electron chi connectivity index (χ1n) is 11.2. The van der Waals surface area contributed by atoms with Crippen molar-refractivity contribution in [2.75, 3.05) is 19.6 Å². The van der Waals surface area contributed by atoms with Crippen molar-refractivity contribution in [3.63, 3.8) is 0 Å². The van der Waals surface area contributed by atoms with Gasteiger partial charge in [-0.05, 0) is 63.8 Å². The minimum atomic E-state index is -0.0876. The molecule has 156 valence electrons. The van der Waals surface area contributed by atoms with E-state index in [2.05, 4.69) is 17.1 Å². The van der Waals surface area contributed by atoms with Crippen molar-refractivity contribution < 1.29 is 4.79 Å². The molecule has 0 unspecified atom stereocenters. The Labute approximate surface area is 172 Å². The molecular formula is C23H32N4O2. The molecular weight excluding hydrogens is 364 g/mol. The molecule has 0 bridgehead atoms. The number of aromatic nitrogens is 2. The maximum Gasteiger partial charge on any atom is 0.261 e. The molecule has 3 heterocycles. The number of nitrogens with zero attached hydrogens (tertiary/aromatic N) is 3. The maximum absolute atomic E-state index is 12.8. The Morgan fingerprint density at radius 2 is 2.03 bits per heavy atom. The van der Waals surface area contributed by atoms with Crippen LogP contribution in [0.2, 0.25) is 0 Å². The van der Waals surface area contributed by atoms with Crippen molar-refractivity contribution in [2.45, 2.75) is 70.9 Å². The van der Waals surface area contributed by atoms with Gasteiger partial charge in [0.05, 0.1) is 10.9 Å². The van der Waals surface area contributed by atoms with Gasteiger partial charge in [0, 0.05) is 37.7 Å². The van der Waals surface area contributed by atoms with Crippen LogP contribution in [-0.2, 0) is 13.0 Å². The molecule has 1 atom stereocenters. The predicted octanol–water partition coefficient (Wildman–Crippen LogP) is 3.12. The van der Waals surface area contributed by atoms with E-state index in [0.717, 1.165) is 51.0 Å². The molecule has 4 rings (SSSR count). The van der Waals surface area contributed by atoms with Crippen LogP contribution in [0.5, 0.6) is 0 Å². The summed E-state index contributed by atoms with van der Waals surface area (Å²) in [6.07, 6.45) is 8.89. The summed E-state index contributed by atoms with van der Waals surface area (Å²) in [5.41, 5.74) is 1.24. The summed E-state index contributed by atoms with van der Waals surface area (Å²) >= 11 is 0. The molecule has 2 aromatic rings. The zero-order chi connectivity index (χ0) is 20.2. The van der Waals surface area contributed by atoms with E-state index in [4.69, 9.17) is 4.98 Å². The molecule has 0 spiro atoms. The van der Waals surface area contributed by atoms with Crippen LogP contribution in [0.4, 0.5) is 0 Å². The van der Waals surface area contributed by atoms with E-state index in [1.165, 1.54) is 25.8 Å². The van der Waals surface area contributed by atoms with Crippen molar-refractivity contribution in [1.29, 1.82) is 0 Å². The van der Waals surface area contributed by atoms with Gasteiger partial charge in [0.15, 0.2) is 0 Å². The summed E-state index contributed by atoms with van der Waals surface area (Å²) in [4.78, 5) is 32.7. The lowest BCUT2D eigenvalue weighted by Crippen LogP contribution is -2.39. The summed E-state index contributed by atoms with van der Waals surface area (Å²) in [7, 11) is 0. The number of fused-ring (bicyclic) bond motifs is 2. The van der Waals surface area contributed by atoms with E-state index in [0.29, 0.717) is 29.1 Å². The number of nitrogens with one attached hydrogen (secondary N) is 1. The average molecular weight is 397 g/mol. The Kier molecular flexibility index (Phi) is 6.28. The molecule has 6 nitrogen and oxygen atoms in total. The summed E-state index contributed by atoms with van der Waals surface area (Å²) in [6, 6.07) is 5.93. The smallest absolute Gasteiger partial charge is 0.261 e. The van der Waals surface area contributed by atoms with Crippen LogP contribution >= 0.6 is 0 Å². The third kappa shape index (κ3) is 4.53. The van der Waals surface area contributed by atoms with Crippen molar-refractivity contribution >= 4 is 16.8 Å². The van der Waals surface area contributed by atoms with E-state index in [1.807, 2.05) is 4.57 Å². The number of rotatable bonds is 5. The normalized spacial score (nSPS) is 20.2. The standard InChI is InChI=1S/C23H32N4O2/c1-17-8-4-6-13-26(17)14-7-12-24-22(28)18-10-11-19-20(16-18)25-21-9-3-2-5-15-27(21)23(19)29/h10-11,16-17H,2-9,12-15H2,1H3,(H,24,28)/t17-/m1/s1. The Morgan fingerprint density at radius 3 is 2.90 bits per heavy atom. The number of hydrogen-bond donors (Lipinski definition) is 1. The Balaban J connectivity index is 1.41. The highest BCUT2D eigenvalue weighted by molar-refractivity contribution is 5.97. The Bertz CT molecular complexity index is 936. The first-order valence-corrected chi connectivity index (χ1v) is 11.2. The highest BCUT2D eigenvalue weighted by atomic mass is 16.1. The first-order chi connectivity index (χ1) is 14.1. The predicted molar refractivity (Wildman–Crippen MR) is 115 cm³/mol. The van der Waals surface area contributed by atoms with Gasteiger partial charge in [0.25, 0.3) is 11.5 Å². The topological polar surface area (TPSA) is 67.2 Å². The van der Waals surface area contributed by atoms with Gasteiger partial charge in [-0.15, -0.1) is 0 Å². The SMILES string of the molecule is C[C@@H]1CCCCN1CCCNC(=O)c1ccc2c(=O)n3c(nc2c1)CCCCC3. The van der Waals surface area contributed by atoms with Crippen LogP contribution in [0.3, 0.4) is 0 Å². The van der Waals surface area contributed by atoms with Crippen molar-refractivity contribution in [1.82, 2.24) is 19.8 Å². The monoisotopic (exact) mass is 396 g/mol. The molecule has 1 aromatic heterocycles. The van der Waals surface area contributed by atoms with E-state index in [-0.39, 0.29) is 11.5 Å². The molecule has 0 radical (unpaired) electrons. The summed E-state index contributed by atoms with van der Waals surface area (Å²) < 4.78 is 1.82. The van der Waals surface area contributed by atoms with Gasteiger partial charge in [-0.3, -0.25) is 14.2 Å². The van der Waals surface area contributed by atoms with E-state index >= 15 is 0 Å². The number of piperidine rings is 1. The Hall–Kier alpha value is -2.21. The van der Waals surface area contributed by atoms with Gasteiger partial charge >= 0.3 is 0 Å². The molecule has 1 amide bonds. The minimum Gasteiger partial charge on any atom is -0.352 e. The third-order valence-corrected chi connectivity index (χ3v) is 6.43. The Morgan fingerprint density at radius 1 is 1.17 bits per heavy atom. The minimum absolute atomic E-state index is 0.0227. The number of aryl methyl sites for hydroxylation is 1. The molecule has 0 aliphatic carbocycles. The number of amides is 1. The van der Waals surface area contributed by atoms with Crippen LogP contribution in [0, 0.1) is 0 Å². The van der Waals surface area contributed by atoms with Gasteiger partial charge in [0.2, 0.25) is 0 Å². The second-order valence-corrected chi connectivity index (χ2v) is 8.52. The lowest BCUT2D eigenvalue weighted by molar-refractivity contribution is 0.0949. The summed E-state index contributed by atoms with van der Waals surface area (Å²) in [5.74, 6) is 0.767. The van der Waals surface area contributed by atoms with Gasteiger partial charge in [-0.1, -0.05) is 12.8 Å². The molecule has 1 aromatic carbocycles. The fourth-order valence-electron chi connectivity index (χ4n) is 4.64. The molecule has 29 heavy (non-hydrogen) atoms. The van der Waals surface area contributed by atoms with Gasteiger partial charge in [-0.25, -0.2) is 4.98 Å². The highest BCUT2D eigenvalue weighted by Gasteiger charge is 2.18. The van der Waals surface area contributed by atoms with Gasteiger partial charge < -0.3 is 10.2 Å². The first kappa shape index (κ1) is 20.1. The van der Waals surface area contributed by atoms with Crippen LogP contribution in [0.25, 0.3) is 10.9 Å². The summed E-state index contributed by atoms with van der Waals surface area (Å²) in [5, 5.41) is 3.63. The molecule has 2 aliphatic heterocycles. The molecule has 1 fully saturated rings. The second-order valence-electron chi connectivity index (χ2n) is 8.52. The van der Waals surface area contributed by atoms with E-state index in [9.17, 15) is 9.59 Å². The quantitative estimate of drug-likeness (QED) is 0.789. The maximum atomic E-state index is 12.8. The van der Waals surface area contributed by atoms with Crippen molar-refractivity contribution in [3.8, 4) is 0 Å². The molecule has 6 heteroatoms. The van der Waals surface area contributed by atoms with E-state index in [1.54, 1.807) is 18.2 Å². The fourth-order valence-corrected chi connectivity index (χ4v) is 4.64. The molecule has 0 saturated carbocycles. The van der Waals surface area contributed by atoms with Crippen LogP contribution in [0.15, 0.2) is 23.0 Å². The van der Waals surface area contributed by atoms with Crippen LogP contribution in [-0.4, -0.2) is 46.0 Å². The lowest BCUT2D eigenvalue weighted by atomic mass is 10.0. The zero-order valence-electron chi connectivity index (χ0n) is 17.5. The average Bonchev–Trinajstić information content (AvgIpc) is 2.97. The third-order valence-electron chi connectivity index (χ3n) is 6.43. The number of carbonyl (C=O) groups excluding carboxylic acids is 1. The van der Waals surface area contributed by atoms with Crippen LogP contribution < -0.4 is 10.9 Å². The highest BCUT2D eigenvalue weighted by Crippen LogP contribution is 2.17.